The zero-order valence-electron chi connectivity index (χ0n) is 11.2. The maximum Gasteiger partial charge on any atom is 0.326 e. The number of benzene rings is 1. The summed E-state index contributed by atoms with van der Waals surface area (Å²) in [5, 5.41) is 14.6. The Morgan fingerprint density at radius 2 is 2.05 bits per heavy atom. The minimum Gasteiger partial charge on any atom is -0.495 e. The van der Waals surface area contributed by atoms with Gasteiger partial charge in [0.05, 0.1) is 12.8 Å². The second kappa shape index (κ2) is 7.44. The Hall–Kier alpha value is -2.15. The quantitative estimate of drug-likeness (QED) is 0.684. The van der Waals surface area contributed by atoms with Crippen LogP contribution in [0.25, 0.3) is 0 Å². The van der Waals surface area contributed by atoms with Crippen molar-refractivity contribution in [3.05, 3.63) is 24.3 Å². The summed E-state index contributed by atoms with van der Waals surface area (Å²) in [6.07, 6.45) is -0.136. The summed E-state index contributed by atoms with van der Waals surface area (Å²) in [5.41, 5.74) is 0.611. The molecule has 0 bridgehead atoms. The van der Waals surface area contributed by atoms with Gasteiger partial charge in [-0.25, -0.2) is 4.79 Å². The van der Waals surface area contributed by atoms with Crippen LogP contribution in [-0.2, 0) is 9.59 Å². The minimum atomic E-state index is -1.13. The maximum atomic E-state index is 11.0. The van der Waals surface area contributed by atoms with E-state index in [2.05, 4.69) is 10.6 Å². The van der Waals surface area contributed by atoms with E-state index in [1.807, 2.05) is 0 Å². The van der Waals surface area contributed by atoms with Gasteiger partial charge >= 0.3 is 5.97 Å². The second-order valence-electron chi connectivity index (χ2n) is 4.10. The van der Waals surface area contributed by atoms with Gasteiger partial charge in [-0.15, -0.1) is 0 Å². The molecule has 1 rings (SSSR count). The van der Waals surface area contributed by atoms with E-state index >= 15 is 0 Å². The highest BCUT2D eigenvalue weighted by Crippen LogP contribution is 2.22. The fraction of sp³-hybridized carbons (Fsp3) is 0.308. The first-order chi connectivity index (χ1) is 9.43. The molecule has 3 N–H and O–H groups in total. The topological polar surface area (TPSA) is 87.7 Å². The average Bonchev–Trinajstić information content (AvgIpc) is 2.37. The molecule has 7 heteroatoms. The molecule has 0 saturated carbocycles. The summed E-state index contributed by atoms with van der Waals surface area (Å²) in [6, 6.07) is 6.03. The standard InChI is InChI=1S/C13H16N2O4S/c1-8(16)7-10(12(17)18)15-13(20)14-9-5-3-4-6-11(9)19-2/h3-6,10H,7H2,1-2H3,(H,17,18)(H2,14,15,20). The van der Waals surface area contributed by atoms with E-state index in [4.69, 9.17) is 22.1 Å². The first-order valence-electron chi connectivity index (χ1n) is 5.86. The number of anilines is 1. The van der Waals surface area contributed by atoms with E-state index in [1.54, 1.807) is 24.3 Å². The van der Waals surface area contributed by atoms with Gasteiger partial charge in [-0.05, 0) is 31.3 Å². The summed E-state index contributed by atoms with van der Waals surface area (Å²) in [5.74, 6) is -0.788. The predicted octanol–water partition coefficient (Wildman–Crippen LogP) is 1.41. The number of Topliss-reactive ketones (excluding diaryl/α,β-unsaturated/α-hetero) is 1. The van der Waals surface area contributed by atoms with Crippen molar-refractivity contribution < 1.29 is 19.4 Å². The molecule has 0 amide bonds. The molecule has 0 spiro atoms. The summed E-state index contributed by atoms with van der Waals surface area (Å²) in [6.45, 7) is 1.33. The highest BCUT2D eigenvalue weighted by atomic mass is 32.1. The number of nitrogens with one attached hydrogen (secondary N) is 2. The Labute approximate surface area is 122 Å². The summed E-state index contributed by atoms with van der Waals surface area (Å²) in [7, 11) is 1.52. The monoisotopic (exact) mass is 296 g/mol. The van der Waals surface area contributed by atoms with Gasteiger partial charge in [0.1, 0.15) is 17.6 Å². The zero-order valence-corrected chi connectivity index (χ0v) is 12.0. The third kappa shape index (κ3) is 4.85. The van der Waals surface area contributed by atoms with Crippen LogP contribution in [0.1, 0.15) is 13.3 Å². The Bertz CT molecular complexity index is 519. The molecular weight excluding hydrogens is 280 g/mol. The predicted molar refractivity (Wildman–Crippen MR) is 79.1 cm³/mol. The van der Waals surface area contributed by atoms with Gasteiger partial charge in [0.15, 0.2) is 5.11 Å². The van der Waals surface area contributed by atoms with Crippen LogP contribution in [0.5, 0.6) is 5.75 Å². The molecule has 0 aliphatic heterocycles. The van der Waals surface area contributed by atoms with E-state index in [0.29, 0.717) is 11.4 Å². The van der Waals surface area contributed by atoms with Crippen LogP contribution >= 0.6 is 12.2 Å². The van der Waals surface area contributed by atoms with E-state index in [-0.39, 0.29) is 17.3 Å². The third-order valence-corrected chi connectivity index (χ3v) is 2.67. The molecule has 0 heterocycles. The van der Waals surface area contributed by atoms with Gasteiger partial charge in [0.2, 0.25) is 0 Å². The van der Waals surface area contributed by atoms with Crippen LogP contribution in [0.2, 0.25) is 0 Å². The highest BCUT2D eigenvalue weighted by molar-refractivity contribution is 7.80. The fourth-order valence-corrected chi connectivity index (χ4v) is 1.80. The Morgan fingerprint density at radius 3 is 2.60 bits per heavy atom. The largest absolute Gasteiger partial charge is 0.495 e. The lowest BCUT2D eigenvalue weighted by Gasteiger charge is -2.17. The van der Waals surface area contributed by atoms with Crippen molar-refractivity contribution in [2.24, 2.45) is 0 Å². The number of hydrogen-bond donors (Lipinski definition) is 3. The number of carboxylic acids is 1. The number of aliphatic carboxylic acids is 1. The lowest BCUT2D eigenvalue weighted by Crippen LogP contribution is -2.43. The minimum absolute atomic E-state index is 0.114. The van der Waals surface area contributed by atoms with E-state index in [9.17, 15) is 9.59 Å². The second-order valence-corrected chi connectivity index (χ2v) is 4.50. The Balaban J connectivity index is 2.70. The van der Waals surface area contributed by atoms with Crippen LogP contribution in [0.4, 0.5) is 5.69 Å². The van der Waals surface area contributed by atoms with Gasteiger partial charge in [0.25, 0.3) is 0 Å². The fourth-order valence-electron chi connectivity index (χ4n) is 1.55. The number of para-hydroxylation sites is 2. The highest BCUT2D eigenvalue weighted by Gasteiger charge is 2.20. The van der Waals surface area contributed by atoms with Gasteiger partial charge < -0.3 is 20.5 Å². The number of thiocarbonyl (C=S) groups is 1. The average molecular weight is 296 g/mol. The third-order valence-electron chi connectivity index (χ3n) is 2.45. The molecule has 6 nitrogen and oxygen atoms in total. The van der Waals surface area contributed by atoms with Crippen molar-refractivity contribution in [1.29, 1.82) is 0 Å². The smallest absolute Gasteiger partial charge is 0.326 e. The molecule has 1 aromatic rings. The molecule has 1 aromatic carbocycles. The van der Waals surface area contributed by atoms with Gasteiger partial charge in [-0.3, -0.25) is 4.79 Å². The molecule has 0 radical (unpaired) electrons. The Morgan fingerprint density at radius 1 is 1.40 bits per heavy atom. The van der Waals surface area contributed by atoms with Crippen LogP contribution < -0.4 is 15.4 Å². The van der Waals surface area contributed by atoms with Crippen LogP contribution in [0.3, 0.4) is 0 Å². The molecule has 0 saturated heterocycles. The summed E-state index contributed by atoms with van der Waals surface area (Å²) >= 11 is 5.04. The molecule has 1 unspecified atom stereocenters. The Kier molecular flexibility index (Phi) is 5.92. The molecular formula is C13H16N2O4S. The number of rotatable bonds is 6. The molecule has 0 aliphatic rings. The number of carbonyl (C=O) groups is 2. The van der Waals surface area contributed by atoms with E-state index in [0.717, 1.165) is 0 Å². The normalized spacial score (nSPS) is 11.3. The van der Waals surface area contributed by atoms with Crippen molar-refractivity contribution in [2.75, 3.05) is 12.4 Å². The molecule has 20 heavy (non-hydrogen) atoms. The van der Waals surface area contributed by atoms with Gasteiger partial charge in [0, 0.05) is 6.42 Å². The van der Waals surface area contributed by atoms with Crippen molar-refractivity contribution >= 4 is 34.8 Å². The number of carbonyl (C=O) groups excluding carboxylic acids is 1. The zero-order chi connectivity index (χ0) is 15.1. The van der Waals surface area contributed by atoms with Gasteiger partial charge in [-0.2, -0.15) is 0 Å². The van der Waals surface area contributed by atoms with Crippen molar-refractivity contribution in [3.8, 4) is 5.75 Å². The number of ketones is 1. The first-order valence-corrected chi connectivity index (χ1v) is 6.27. The number of methoxy groups -OCH3 is 1. The van der Waals surface area contributed by atoms with Crippen LogP contribution in [-0.4, -0.2) is 35.1 Å². The molecule has 0 aliphatic carbocycles. The lowest BCUT2D eigenvalue weighted by atomic mass is 10.1. The van der Waals surface area contributed by atoms with Gasteiger partial charge in [-0.1, -0.05) is 12.1 Å². The molecule has 0 fully saturated rings. The maximum absolute atomic E-state index is 11.0. The van der Waals surface area contributed by atoms with Crippen molar-refractivity contribution in [3.63, 3.8) is 0 Å². The van der Waals surface area contributed by atoms with Crippen molar-refractivity contribution in [1.82, 2.24) is 5.32 Å². The van der Waals surface area contributed by atoms with E-state index < -0.39 is 12.0 Å². The molecule has 0 aromatic heterocycles. The number of carboxylic acid groups (broad SMARTS) is 1. The summed E-state index contributed by atoms with van der Waals surface area (Å²) in [4.78, 5) is 22.0. The first kappa shape index (κ1) is 15.9. The number of ether oxygens (including phenoxy) is 1. The molecule has 108 valence electrons. The summed E-state index contributed by atoms with van der Waals surface area (Å²) < 4.78 is 5.14. The molecule has 1 atom stereocenters. The van der Waals surface area contributed by atoms with Crippen LogP contribution in [0, 0.1) is 0 Å². The number of hydrogen-bond acceptors (Lipinski definition) is 4. The van der Waals surface area contributed by atoms with Crippen LogP contribution in [0.15, 0.2) is 24.3 Å². The SMILES string of the molecule is COc1ccccc1NC(=S)NC(CC(C)=O)C(=O)O. The lowest BCUT2D eigenvalue weighted by molar-refractivity contribution is -0.140. The van der Waals surface area contributed by atoms with E-state index in [1.165, 1.54) is 14.0 Å². The van der Waals surface area contributed by atoms with Crippen molar-refractivity contribution in [2.45, 2.75) is 19.4 Å².